The van der Waals surface area contributed by atoms with Crippen molar-refractivity contribution >= 4 is 42.8 Å². The van der Waals surface area contributed by atoms with Crippen molar-refractivity contribution in [3.63, 3.8) is 0 Å². The molecule has 0 fully saturated rings. The maximum Gasteiger partial charge on any atom is 0.269 e. The van der Waals surface area contributed by atoms with Crippen LogP contribution in [0.5, 0.6) is 0 Å². The van der Waals surface area contributed by atoms with Crippen LogP contribution in [-0.2, 0) is 10.0 Å². The standard InChI is InChI=1S/C18H16BrN3O3S/c1-21(2)11-10-16(23)15-12-22(18-14(15)8-9-17(19)20-18)26(24,25)13-6-4-3-5-7-13/h3-12H,1-2H3/b11-10+. The van der Waals surface area contributed by atoms with Gasteiger partial charge in [-0.15, -0.1) is 0 Å². The highest BCUT2D eigenvalue weighted by Crippen LogP contribution is 2.27. The first-order valence-electron chi connectivity index (χ1n) is 7.68. The molecule has 0 unspecified atom stereocenters. The number of hydrogen-bond donors (Lipinski definition) is 0. The first-order valence-corrected chi connectivity index (χ1v) is 9.91. The average Bonchev–Trinajstić information content (AvgIpc) is 2.99. The molecule has 0 bridgehead atoms. The SMILES string of the molecule is CN(C)/C=C/C(=O)c1cn(S(=O)(=O)c2ccccc2)c2nc(Br)ccc12. The summed E-state index contributed by atoms with van der Waals surface area (Å²) in [4.78, 5) is 18.7. The normalized spacial score (nSPS) is 12.0. The minimum atomic E-state index is -3.88. The van der Waals surface area contributed by atoms with E-state index in [-0.39, 0.29) is 21.9 Å². The molecule has 8 heteroatoms. The zero-order valence-corrected chi connectivity index (χ0v) is 16.5. The van der Waals surface area contributed by atoms with E-state index < -0.39 is 10.0 Å². The van der Waals surface area contributed by atoms with Crippen molar-refractivity contribution < 1.29 is 13.2 Å². The van der Waals surface area contributed by atoms with E-state index in [0.717, 1.165) is 3.97 Å². The average molecular weight is 434 g/mol. The fourth-order valence-electron chi connectivity index (χ4n) is 2.44. The predicted octanol–water partition coefficient (Wildman–Crippen LogP) is 3.29. The van der Waals surface area contributed by atoms with Crippen molar-refractivity contribution in [2.45, 2.75) is 4.90 Å². The number of allylic oxidation sites excluding steroid dienone is 1. The Morgan fingerprint density at radius 3 is 2.50 bits per heavy atom. The maximum absolute atomic E-state index is 13.0. The summed E-state index contributed by atoms with van der Waals surface area (Å²) in [5, 5.41) is 0.473. The number of carbonyl (C=O) groups excluding carboxylic acids is 1. The zero-order valence-electron chi connectivity index (χ0n) is 14.1. The van der Waals surface area contributed by atoms with Gasteiger partial charge in [0.15, 0.2) is 11.4 Å². The first kappa shape index (κ1) is 18.3. The number of benzene rings is 1. The van der Waals surface area contributed by atoms with Crippen LogP contribution in [0.2, 0.25) is 0 Å². The third-order valence-corrected chi connectivity index (χ3v) is 5.78. The third-order valence-electron chi connectivity index (χ3n) is 3.68. The molecule has 1 aromatic carbocycles. The van der Waals surface area contributed by atoms with Crippen molar-refractivity contribution in [3.8, 4) is 0 Å². The number of halogens is 1. The number of ketones is 1. The molecular formula is C18H16BrN3O3S. The Morgan fingerprint density at radius 2 is 1.85 bits per heavy atom. The Hall–Kier alpha value is -2.45. The van der Waals surface area contributed by atoms with E-state index >= 15 is 0 Å². The maximum atomic E-state index is 13.0. The molecule has 3 rings (SSSR count). The fourth-order valence-corrected chi connectivity index (χ4v) is 4.08. The molecule has 0 N–H and O–H groups in total. The van der Waals surface area contributed by atoms with Crippen molar-refractivity contribution in [1.82, 2.24) is 13.9 Å². The van der Waals surface area contributed by atoms with Gasteiger partial charge in [-0.2, -0.15) is 0 Å². The van der Waals surface area contributed by atoms with E-state index in [0.29, 0.717) is 9.99 Å². The molecule has 2 aromatic heterocycles. The molecular weight excluding hydrogens is 418 g/mol. The molecule has 0 amide bonds. The topological polar surface area (TPSA) is 72.3 Å². The highest BCUT2D eigenvalue weighted by molar-refractivity contribution is 9.10. The summed E-state index contributed by atoms with van der Waals surface area (Å²) in [7, 11) is -0.285. The first-order chi connectivity index (χ1) is 12.3. The van der Waals surface area contributed by atoms with E-state index in [1.807, 2.05) is 0 Å². The minimum absolute atomic E-state index is 0.126. The van der Waals surface area contributed by atoms with Crippen molar-refractivity contribution in [2.75, 3.05) is 14.1 Å². The summed E-state index contributed by atoms with van der Waals surface area (Å²) >= 11 is 3.26. The molecule has 0 aliphatic carbocycles. The van der Waals surface area contributed by atoms with E-state index in [2.05, 4.69) is 20.9 Å². The lowest BCUT2D eigenvalue weighted by molar-refractivity contribution is 0.104. The van der Waals surface area contributed by atoms with Gasteiger partial charge in [-0.25, -0.2) is 17.4 Å². The monoisotopic (exact) mass is 433 g/mol. The quantitative estimate of drug-likeness (QED) is 0.350. The number of fused-ring (bicyclic) bond motifs is 1. The van der Waals surface area contributed by atoms with Gasteiger partial charge in [0, 0.05) is 38.0 Å². The molecule has 0 spiro atoms. The smallest absolute Gasteiger partial charge is 0.269 e. The zero-order chi connectivity index (χ0) is 18.9. The molecule has 0 aliphatic rings. The van der Waals surface area contributed by atoms with Crippen molar-refractivity contribution in [3.05, 3.63) is 71.1 Å². The minimum Gasteiger partial charge on any atom is -0.383 e. The van der Waals surface area contributed by atoms with Crippen LogP contribution in [0.15, 0.2) is 70.4 Å². The van der Waals surface area contributed by atoms with E-state index in [9.17, 15) is 13.2 Å². The number of rotatable bonds is 5. The van der Waals surface area contributed by atoms with E-state index in [1.54, 1.807) is 55.5 Å². The van der Waals surface area contributed by atoms with Gasteiger partial charge in [0.25, 0.3) is 10.0 Å². The second-order valence-corrected chi connectivity index (χ2v) is 8.43. The Kier molecular flexibility index (Phi) is 4.97. The van der Waals surface area contributed by atoms with Gasteiger partial charge in [0.2, 0.25) is 0 Å². The number of carbonyl (C=O) groups is 1. The van der Waals surface area contributed by atoms with Gasteiger partial charge >= 0.3 is 0 Å². The van der Waals surface area contributed by atoms with Gasteiger partial charge in [0.1, 0.15) is 4.60 Å². The largest absolute Gasteiger partial charge is 0.383 e. The second-order valence-electron chi connectivity index (χ2n) is 5.81. The van der Waals surface area contributed by atoms with Gasteiger partial charge < -0.3 is 4.90 Å². The number of pyridine rings is 1. The van der Waals surface area contributed by atoms with Gasteiger partial charge in [-0.3, -0.25) is 4.79 Å². The lowest BCUT2D eigenvalue weighted by Crippen LogP contribution is -2.12. The number of nitrogens with zero attached hydrogens (tertiary/aromatic N) is 3. The van der Waals surface area contributed by atoms with Gasteiger partial charge in [-0.05, 0) is 40.2 Å². The summed E-state index contributed by atoms with van der Waals surface area (Å²) in [6, 6.07) is 11.4. The lowest BCUT2D eigenvalue weighted by Gasteiger charge is -2.06. The summed E-state index contributed by atoms with van der Waals surface area (Å²) in [6.07, 6.45) is 4.34. The van der Waals surface area contributed by atoms with Crippen LogP contribution in [0.25, 0.3) is 11.0 Å². The predicted molar refractivity (Wildman–Crippen MR) is 104 cm³/mol. The highest BCUT2D eigenvalue weighted by atomic mass is 79.9. The Morgan fingerprint density at radius 1 is 1.15 bits per heavy atom. The van der Waals surface area contributed by atoms with Gasteiger partial charge in [-0.1, -0.05) is 18.2 Å². The van der Waals surface area contributed by atoms with Crippen molar-refractivity contribution in [2.24, 2.45) is 0 Å². The van der Waals surface area contributed by atoms with Crippen LogP contribution < -0.4 is 0 Å². The molecule has 0 atom stereocenters. The summed E-state index contributed by atoms with van der Waals surface area (Å²) in [5.41, 5.74) is 0.474. The second kappa shape index (κ2) is 7.05. The van der Waals surface area contributed by atoms with Crippen LogP contribution in [0.3, 0.4) is 0 Å². The molecule has 6 nitrogen and oxygen atoms in total. The molecule has 26 heavy (non-hydrogen) atoms. The van der Waals surface area contributed by atoms with Crippen LogP contribution in [-0.4, -0.2) is 42.2 Å². The Labute approximate surface area is 159 Å². The van der Waals surface area contributed by atoms with E-state index in [4.69, 9.17) is 0 Å². The Balaban J connectivity index is 2.24. The van der Waals surface area contributed by atoms with Crippen LogP contribution in [0.1, 0.15) is 10.4 Å². The third kappa shape index (κ3) is 3.42. The summed E-state index contributed by atoms with van der Waals surface area (Å²) in [6.45, 7) is 0. The fraction of sp³-hybridized carbons (Fsp3) is 0.111. The van der Waals surface area contributed by atoms with Crippen molar-refractivity contribution in [1.29, 1.82) is 0 Å². The molecule has 0 saturated carbocycles. The molecule has 3 aromatic rings. The lowest BCUT2D eigenvalue weighted by atomic mass is 10.1. The van der Waals surface area contributed by atoms with Crippen LogP contribution in [0.4, 0.5) is 0 Å². The Bertz CT molecular complexity index is 1100. The summed E-state index contributed by atoms with van der Waals surface area (Å²) < 4.78 is 27.6. The van der Waals surface area contributed by atoms with Crippen LogP contribution in [0, 0.1) is 0 Å². The molecule has 0 radical (unpaired) electrons. The van der Waals surface area contributed by atoms with Gasteiger partial charge in [0.05, 0.1) is 10.5 Å². The molecule has 2 heterocycles. The summed E-state index contributed by atoms with van der Waals surface area (Å²) in [5.74, 6) is -0.296. The number of hydrogen-bond acceptors (Lipinski definition) is 5. The van der Waals surface area contributed by atoms with Crippen LogP contribution >= 0.6 is 15.9 Å². The molecule has 134 valence electrons. The number of aromatic nitrogens is 2. The molecule has 0 aliphatic heterocycles. The highest BCUT2D eigenvalue weighted by Gasteiger charge is 2.24. The molecule has 0 saturated heterocycles. The van der Waals surface area contributed by atoms with E-state index in [1.165, 1.54) is 24.4 Å².